The molecule has 8 nitrogen and oxygen atoms in total. The van der Waals surface area contributed by atoms with Gasteiger partial charge in [-0.15, -0.1) is 0 Å². The van der Waals surface area contributed by atoms with E-state index in [0.717, 1.165) is 36.1 Å². The first-order valence-corrected chi connectivity index (χ1v) is 13.1. The number of nitrogens with one attached hydrogen (secondary N) is 2. The lowest BCUT2D eigenvalue weighted by Gasteiger charge is -2.31. The van der Waals surface area contributed by atoms with Gasteiger partial charge in [-0.05, 0) is 69.2 Å². The molecule has 0 aliphatic carbocycles. The smallest absolute Gasteiger partial charge is 0.270 e. The van der Waals surface area contributed by atoms with E-state index in [4.69, 9.17) is 0 Å². The van der Waals surface area contributed by atoms with Crippen LogP contribution in [0, 0.1) is 19.8 Å². The Morgan fingerprint density at radius 3 is 2.58 bits per heavy atom. The first kappa shape index (κ1) is 23.5. The van der Waals surface area contributed by atoms with Gasteiger partial charge in [0.2, 0.25) is 15.9 Å². The van der Waals surface area contributed by atoms with Gasteiger partial charge in [-0.3, -0.25) is 9.59 Å². The summed E-state index contributed by atoms with van der Waals surface area (Å²) in [6.45, 7) is 5.82. The molecule has 2 aromatic rings. The van der Waals surface area contributed by atoms with Crippen molar-refractivity contribution in [2.75, 3.05) is 31.5 Å². The molecule has 1 unspecified atom stereocenters. The molecular formula is C24H32N4O4S. The number of aromatic amines is 1. The summed E-state index contributed by atoms with van der Waals surface area (Å²) in [7, 11) is -3.81. The highest BCUT2D eigenvalue weighted by Gasteiger charge is 2.34. The largest absolute Gasteiger partial charge is 0.356 e. The summed E-state index contributed by atoms with van der Waals surface area (Å²) >= 11 is 0. The molecule has 9 heteroatoms. The third-order valence-electron chi connectivity index (χ3n) is 6.79. The van der Waals surface area contributed by atoms with Crippen LogP contribution >= 0.6 is 0 Å². The third-order valence-corrected chi connectivity index (χ3v) is 8.63. The van der Waals surface area contributed by atoms with E-state index in [9.17, 15) is 18.0 Å². The summed E-state index contributed by atoms with van der Waals surface area (Å²) in [4.78, 5) is 30.3. The van der Waals surface area contributed by atoms with Gasteiger partial charge in [0.25, 0.3) is 5.91 Å². The maximum Gasteiger partial charge on any atom is 0.270 e. The summed E-state index contributed by atoms with van der Waals surface area (Å²) in [6, 6.07) is 7.16. The number of benzene rings is 1. The van der Waals surface area contributed by atoms with Crippen LogP contribution in [-0.2, 0) is 14.8 Å². The van der Waals surface area contributed by atoms with E-state index in [-0.39, 0.29) is 28.9 Å². The van der Waals surface area contributed by atoms with Crippen molar-refractivity contribution in [3.8, 4) is 0 Å². The van der Waals surface area contributed by atoms with Crippen molar-refractivity contribution in [3.05, 3.63) is 47.3 Å². The van der Waals surface area contributed by atoms with Crippen LogP contribution in [0.3, 0.4) is 0 Å². The number of aryl methyl sites for hydroxylation is 1. The van der Waals surface area contributed by atoms with Crippen LogP contribution in [0.5, 0.6) is 0 Å². The van der Waals surface area contributed by atoms with Gasteiger partial charge in [0, 0.05) is 38.1 Å². The third kappa shape index (κ3) is 4.99. The second-order valence-electron chi connectivity index (χ2n) is 9.04. The van der Waals surface area contributed by atoms with Crippen molar-refractivity contribution in [2.24, 2.45) is 5.92 Å². The highest BCUT2D eigenvalue weighted by molar-refractivity contribution is 7.89. The van der Waals surface area contributed by atoms with Crippen LogP contribution in [0.15, 0.2) is 35.4 Å². The average Bonchev–Trinajstić information content (AvgIpc) is 3.33. The van der Waals surface area contributed by atoms with E-state index >= 15 is 0 Å². The van der Waals surface area contributed by atoms with E-state index in [1.165, 1.54) is 16.6 Å². The molecule has 0 bridgehead atoms. The summed E-state index contributed by atoms with van der Waals surface area (Å²) in [5.41, 5.74) is 3.13. The van der Waals surface area contributed by atoms with Crippen molar-refractivity contribution in [3.63, 3.8) is 0 Å². The number of nitrogens with zero attached hydrogens (tertiary/aromatic N) is 2. The maximum atomic E-state index is 13.3. The van der Waals surface area contributed by atoms with Gasteiger partial charge in [0.1, 0.15) is 10.6 Å². The summed E-state index contributed by atoms with van der Waals surface area (Å²) < 4.78 is 27.9. The fraction of sp³-hybridized carbons (Fsp3) is 0.500. The zero-order valence-corrected chi connectivity index (χ0v) is 20.1. The van der Waals surface area contributed by atoms with E-state index < -0.39 is 15.9 Å². The fourth-order valence-corrected chi connectivity index (χ4v) is 6.08. The predicted molar refractivity (Wildman–Crippen MR) is 127 cm³/mol. The molecule has 0 radical (unpaired) electrons. The van der Waals surface area contributed by atoms with Crippen molar-refractivity contribution in [1.82, 2.24) is 14.2 Å². The van der Waals surface area contributed by atoms with E-state index in [1.54, 1.807) is 4.90 Å². The second kappa shape index (κ2) is 9.69. The maximum absolute atomic E-state index is 13.3. The molecule has 0 spiro atoms. The first-order chi connectivity index (χ1) is 15.8. The first-order valence-electron chi connectivity index (χ1n) is 11.6. The van der Waals surface area contributed by atoms with Crippen molar-refractivity contribution in [1.29, 1.82) is 0 Å². The Labute approximate surface area is 195 Å². The Hall–Kier alpha value is -2.65. The number of aromatic nitrogens is 1. The van der Waals surface area contributed by atoms with Crippen LogP contribution in [0.2, 0.25) is 0 Å². The predicted octanol–water partition coefficient (Wildman–Crippen LogP) is 3.30. The SMILES string of the molecule is Cc1cccc(NC(=O)C2CCCN(S(=O)(=O)c3c[nH]c(C(=O)N4CCCCC4)c3)C2)c1C. The summed E-state index contributed by atoms with van der Waals surface area (Å²) in [6.07, 6.45) is 5.67. The van der Waals surface area contributed by atoms with Crippen LogP contribution in [-0.4, -0.2) is 60.6 Å². The lowest BCUT2D eigenvalue weighted by molar-refractivity contribution is -0.120. The average molecular weight is 473 g/mol. The number of carbonyl (C=O) groups is 2. The van der Waals surface area contributed by atoms with Crippen LogP contribution in [0.25, 0.3) is 0 Å². The van der Waals surface area contributed by atoms with E-state index in [1.807, 2.05) is 32.0 Å². The molecule has 0 saturated carbocycles. The Balaban J connectivity index is 1.45. The molecule has 2 N–H and O–H groups in total. The van der Waals surface area contributed by atoms with Gasteiger partial charge in [-0.2, -0.15) is 4.31 Å². The molecule has 33 heavy (non-hydrogen) atoms. The molecule has 2 saturated heterocycles. The normalized spacial score (nSPS) is 19.9. The molecule has 2 aliphatic rings. The minimum atomic E-state index is -3.81. The number of amides is 2. The summed E-state index contributed by atoms with van der Waals surface area (Å²) in [5.74, 6) is -0.763. The van der Waals surface area contributed by atoms with Gasteiger partial charge >= 0.3 is 0 Å². The molecule has 178 valence electrons. The van der Waals surface area contributed by atoms with Gasteiger partial charge in [0.05, 0.1) is 5.92 Å². The van der Waals surface area contributed by atoms with Crippen molar-refractivity contribution in [2.45, 2.75) is 50.8 Å². The number of likely N-dealkylation sites (tertiary alicyclic amines) is 1. The molecule has 3 heterocycles. The number of piperidine rings is 2. The quantitative estimate of drug-likeness (QED) is 0.697. The molecule has 4 rings (SSSR count). The van der Waals surface area contributed by atoms with Crippen molar-refractivity contribution < 1.29 is 18.0 Å². The van der Waals surface area contributed by atoms with E-state index in [2.05, 4.69) is 10.3 Å². The molecule has 2 fully saturated rings. The molecular weight excluding hydrogens is 440 g/mol. The Morgan fingerprint density at radius 2 is 1.82 bits per heavy atom. The van der Waals surface area contributed by atoms with Crippen LogP contribution < -0.4 is 5.32 Å². The topological polar surface area (TPSA) is 103 Å². The standard InChI is InChI=1S/C24H32N4O4S/c1-17-8-6-10-21(18(17)2)26-23(29)19-9-7-13-28(16-19)33(31,32)20-14-22(25-15-20)24(30)27-11-4-3-5-12-27/h6,8,10,14-15,19,25H,3-5,7,9,11-13,16H2,1-2H3,(H,26,29). The number of carbonyl (C=O) groups excluding carboxylic acids is 2. The van der Waals surface area contributed by atoms with Gasteiger partial charge in [0.15, 0.2) is 0 Å². The molecule has 1 aromatic carbocycles. The number of anilines is 1. The zero-order chi connectivity index (χ0) is 23.6. The number of sulfonamides is 1. The molecule has 2 amide bonds. The second-order valence-corrected chi connectivity index (χ2v) is 11.0. The van der Waals surface area contributed by atoms with Crippen LogP contribution in [0.1, 0.15) is 53.7 Å². The number of rotatable bonds is 5. The minimum Gasteiger partial charge on any atom is -0.356 e. The van der Waals surface area contributed by atoms with E-state index in [0.29, 0.717) is 32.5 Å². The van der Waals surface area contributed by atoms with Crippen molar-refractivity contribution >= 4 is 27.5 Å². The van der Waals surface area contributed by atoms with Crippen LogP contribution in [0.4, 0.5) is 5.69 Å². The lowest BCUT2D eigenvalue weighted by atomic mass is 9.98. The Bertz CT molecular complexity index is 1140. The summed E-state index contributed by atoms with van der Waals surface area (Å²) in [5, 5.41) is 2.97. The number of H-pyrrole nitrogens is 1. The zero-order valence-electron chi connectivity index (χ0n) is 19.3. The molecule has 1 aromatic heterocycles. The van der Waals surface area contributed by atoms with Gasteiger partial charge in [-0.25, -0.2) is 8.42 Å². The highest BCUT2D eigenvalue weighted by atomic mass is 32.2. The Morgan fingerprint density at radius 1 is 1.06 bits per heavy atom. The number of hydrogen-bond acceptors (Lipinski definition) is 4. The fourth-order valence-electron chi connectivity index (χ4n) is 4.56. The lowest BCUT2D eigenvalue weighted by Crippen LogP contribution is -2.43. The van der Waals surface area contributed by atoms with Gasteiger partial charge < -0.3 is 15.2 Å². The molecule has 2 aliphatic heterocycles. The number of hydrogen-bond donors (Lipinski definition) is 2. The monoisotopic (exact) mass is 472 g/mol. The molecule has 1 atom stereocenters. The highest BCUT2D eigenvalue weighted by Crippen LogP contribution is 2.27. The van der Waals surface area contributed by atoms with Gasteiger partial charge in [-0.1, -0.05) is 12.1 Å². The minimum absolute atomic E-state index is 0.0680. The Kier molecular flexibility index (Phi) is 6.90.